The van der Waals surface area contributed by atoms with E-state index in [4.69, 9.17) is 0 Å². The van der Waals surface area contributed by atoms with E-state index in [2.05, 4.69) is 6.92 Å². The second-order valence-corrected chi connectivity index (χ2v) is 12.3. The normalized spacial score (nSPS) is 21.1. The lowest BCUT2D eigenvalue weighted by atomic mass is 9.96. The molecule has 0 unspecified atom stereocenters. The summed E-state index contributed by atoms with van der Waals surface area (Å²) in [7, 11) is -7.76. The predicted octanol–water partition coefficient (Wildman–Crippen LogP) is 4.36. The van der Waals surface area contributed by atoms with Gasteiger partial charge in [-0.15, -0.1) is 0 Å². The molecular weight excluding hydrogens is 376 g/mol. The molecule has 0 radical (unpaired) electrons. The predicted molar refractivity (Wildman–Crippen MR) is 102 cm³/mol. The molecule has 2 aliphatic carbocycles. The lowest BCUT2D eigenvalue weighted by Crippen LogP contribution is -2.21. The zero-order valence-corrected chi connectivity index (χ0v) is 17.5. The van der Waals surface area contributed by atoms with E-state index < -0.39 is 29.7 Å². The summed E-state index contributed by atoms with van der Waals surface area (Å²) in [5.74, 6) is 0.614. The highest BCUT2D eigenvalue weighted by Gasteiger charge is 2.53. The Bertz CT molecular complexity index is 602. The molecule has 0 aromatic heterocycles. The first-order valence-electron chi connectivity index (χ1n) is 9.96. The van der Waals surface area contributed by atoms with E-state index in [1.807, 2.05) is 0 Å². The van der Waals surface area contributed by atoms with Gasteiger partial charge in [-0.3, -0.25) is 9.11 Å². The molecule has 0 heterocycles. The highest BCUT2D eigenvalue weighted by Crippen LogP contribution is 2.47. The van der Waals surface area contributed by atoms with Gasteiger partial charge in [0, 0.05) is 0 Å². The second kappa shape index (κ2) is 8.45. The van der Waals surface area contributed by atoms with Crippen molar-refractivity contribution in [2.75, 3.05) is 0 Å². The smallest absolute Gasteiger partial charge is 0.270 e. The number of unbranched alkanes of at least 4 members (excludes halogenated alkanes) is 4. The summed E-state index contributed by atoms with van der Waals surface area (Å²) in [4.78, 5) is 0. The van der Waals surface area contributed by atoms with Crippen molar-refractivity contribution in [1.82, 2.24) is 0 Å². The lowest BCUT2D eigenvalue weighted by molar-refractivity contribution is 0.422. The van der Waals surface area contributed by atoms with Gasteiger partial charge in [-0.25, -0.2) is 0 Å². The molecule has 2 aliphatic rings. The maximum Gasteiger partial charge on any atom is 0.270 e. The molecule has 26 heavy (non-hydrogen) atoms. The first kappa shape index (κ1) is 22.1. The first-order valence-corrected chi connectivity index (χ1v) is 12.8. The molecule has 0 aromatic rings. The van der Waals surface area contributed by atoms with Crippen LogP contribution >= 0.6 is 0 Å². The van der Waals surface area contributed by atoms with Crippen molar-refractivity contribution in [3.63, 3.8) is 0 Å². The van der Waals surface area contributed by atoms with Crippen LogP contribution in [0.1, 0.15) is 96.8 Å². The number of hydrogen-bond acceptors (Lipinski definition) is 4. The molecular formula is C18H34O6S2. The van der Waals surface area contributed by atoms with E-state index in [0.717, 1.165) is 51.4 Å². The van der Waals surface area contributed by atoms with Crippen LogP contribution in [0.2, 0.25) is 0 Å². The standard InChI is InChI=1S/C18H34O6S2/c1-16(8-4-2-6-10-17(12-13-17)25(19,20)21)9-5-3-7-11-18(14-15-18)26(22,23)24/h16H,2-15H2,1H3,(H,19,20,21)(H,22,23,24). The van der Waals surface area contributed by atoms with E-state index in [9.17, 15) is 25.9 Å². The summed E-state index contributed by atoms with van der Waals surface area (Å²) in [5, 5.41) is 0. The maximum atomic E-state index is 11.3. The van der Waals surface area contributed by atoms with E-state index in [1.54, 1.807) is 0 Å². The van der Waals surface area contributed by atoms with Crippen LogP contribution in [0.5, 0.6) is 0 Å². The van der Waals surface area contributed by atoms with Gasteiger partial charge < -0.3 is 0 Å². The fourth-order valence-corrected chi connectivity index (χ4v) is 5.97. The lowest BCUT2D eigenvalue weighted by Gasteiger charge is -2.14. The Labute approximate surface area is 158 Å². The van der Waals surface area contributed by atoms with Gasteiger partial charge in [0.1, 0.15) is 0 Å². The summed E-state index contributed by atoms with van der Waals surface area (Å²) in [6, 6.07) is 0. The van der Waals surface area contributed by atoms with Crippen LogP contribution in [-0.4, -0.2) is 35.4 Å². The van der Waals surface area contributed by atoms with Crippen LogP contribution in [0.25, 0.3) is 0 Å². The van der Waals surface area contributed by atoms with Crippen molar-refractivity contribution in [3.8, 4) is 0 Å². The fraction of sp³-hybridized carbons (Fsp3) is 1.00. The van der Waals surface area contributed by atoms with E-state index in [0.29, 0.717) is 44.4 Å². The average molecular weight is 411 g/mol. The van der Waals surface area contributed by atoms with Crippen LogP contribution in [0, 0.1) is 5.92 Å². The average Bonchev–Trinajstić information content (AvgIpc) is 3.39. The van der Waals surface area contributed by atoms with Crippen LogP contribution in [0.3, 0.4) is 0 Å². The molecule has 0 bridgehead atoms. The van der Waals surface area contributed by atoms with Crippen LogP contribution in [0.4, 0.5) is 0 Å². The summed E-state index contributed by atoms with van der Waals surface area (Å²) in [6.07, 6.45) is 11.6. The van der Waals surface area contributed by atoms with Crippen LogP contribution < -0.4 is 0 Å². The summed E-state index contributed by atoms with van der Waals surface area (Å²) in [6.45, 7) is 2.22. The minimum atomic E-state index is -3.88. The van der Waals surface area contributed by atoms with Crippen molar-refractivity contribution >= 4 is 20.2 Å². The summed E-state index contributed by atoms with van der Waals surface area (Å²) < 4.78 is 61.9. The van der Waals surface area contributed by atoms with Crippen molar-refractivity contribution in [2.24, 2.45) is 5.92 Å². The SMILES string of the molecule is CC(CCCCCC1(S(=O)(=O)O)CC1)CCCCCC1(S(=O)(=O)O)CC1. The highest BCUT2D eigenvalue weighted by atomic mass is 32.2. The van der Waals surface area contributed by atoms with E-state index in [1.165, 1.54) is 0 Å². The van der Waals surface area contributed by atoms with Gasteiger partial charge in [-0.05, 0) is 44.4 Å². The quantitative estimate of drug-likeness (QED) is 0.325. The molecule has 0 atom stereocenters. The van der Waals surface area contributed by atoms with Gasteiger partial charge in [0.05, 0.1) is 9.49 Å². The molecule has 0 amide bonds. The Hall–Kier alpha value is -0.180. The van der Waals surface area contributed by atoms with Crippen molar-refractivity contribution < 1.29 is 25.9 Å². The number of rotatable bonds is 14. The van der Waals surface area contributed by atoms with Gasteiger partial charge in [-0.1, -0.05) is 58.3 Å². The molecule has 2 N–H and O–H groups in total. The summed E-state index contributed by atoms with van der Waals surface area (Å²) >= 11 is 0. The van der Waals surface area contributed by atoms with Gasteiger partial charge in [-0.2, -0.15) is 16.8 Å². The van der Waals surface area contributed by atoms with Crippen molar-refractivity contribution in [2.45, 2.75) is 106 Å². The molecule has 0 saturated heterocycles. The first-order chi connectivity index (χ1) is 12.0. The minimum absolute atomic E-state index is 0.579. The van der Waals surface area contributed by atoms with Crippen LogP contribution in [0.15, 0.2) is 0 Å². The Kier molecular flexibility index (Phi) is 7.19. The molecule has 0 aromatic carbocycles. The highest BCUT2D eigenvalue weighted by molar-refractivity contribution is 7.87. The molecule has 154 valence electrons. The minimum Gasteiger partial charge on any atom is -0.285 e. The Morgan fingerprint density at radius 3 is 1.31 bits per heavy atom. The molecule has 2 fully saturated rings. The molecule has 0 spiro atoms. The Morgan fingerprint density at radius 1 is 0.692 bits per heavy atom. The zero-order chi connectivity index (χ0) is 19.5. The van der Waals surface area contributed by atoms with E-state index >= 15 is 0 Å². The third-order valence-corrected chi connectivity index (χ3v) is 9.78. The Morgan fingerprint density at radius 2 is 1.04 bits per heavy atom. The van der Waals surface area contributed by atoms with Gasteiger partial charge in [0.2, 0.25) is 0 Å². The maximum absolute atomic E-state index is 11.3. The zero-order valence-electron chi connectivity index (χ0n) is 15.8. The second-order valence-electron chi connectivity index (χ2n) is 8.62. The molecule has 0 aliphatic heterocycles. The van der Waals surface area contributed by atoms with Crippen LogP contribution in [-0.2, 0) is 20.2 Å². The van der Waals surface area contributed by atoms with Crippen molar-refractivity contribution in [1.29, 1.82) is 0 Å². The topological polar surface area (TPSA) is 109 Å². The third-order valence-electron chi connectivity index (χ3n) is 6.37. The van der Waals surface area contributed by atoms with Gasteiger partial charge in [0.15, 0.2) is 0 Å². The van der Waals surface area contributed by atoms with E-state index in [-0.39, 0.29) is 0 Å². The largest absolute Gasteiger partial charge is 0.285 e. The summed E-state index contributed by atoms with van der Waals surface area (Å²) in [5.41, 5.74) is 0. The van der Waals surface area contributed by atoms with Crippen molar-refractivity contribution in [3.05, 3.63) is 0 Å². The van der Waals surface area contributed by atoms with Gasteiger partial charge in [0.25, 0.3) is 20.2 Å². The molecule has 2 rings (SSSR count). The third kappa shape index (κ3) is 5.91. The molecule has 2 saturated carbocycles. The Balaban J connectivity index is 1.47. The molecule has 6 nitrogen and oxygen atoms in total. The molecule has 8 heteroatoms. The fourth-order valence-electron chi connectivity index (χ4n) is 3.93. The number of hydrogen-bond donors (Lipinski definition) is 2. The van der Waals surface area contributed by atoms with Gasteiger partial charge >= 0.3 is 0 Å². The monoisotopic (exact) mass is 410 g/mol.